The van der Waals surface area contributed by atoms with E-state index in [0.29, 0.717) is 6.42 Å². The van der Waals surface area contributed by atoms with E-state index in [2.05, 4.69) is 25.1 Å². The Balaban J connectivity index is 2.09. The number of hydrogen-bond donors (Lipinski definition) is 0. The molecular weight excluding hydrogens is 326 g/mol. The Morgan fingerprint density at radius 1 is 1.47 bits per heavy atom. The molecule has 1 aromatic carbocycles. The second kappa shape index (κ2) is 5.01. The van der Waals surface area contributed by atoms with Crippen LogP contribution in [-0.4, -0.2) is 26.3 Å². The molecule has 0 unspecified atom stereocenters. The number of thiazole rings is 1. The minimum absolute atomic E-state index is 0.139. The number of nitrogens with zero attached hydrogens (tertiary/aromatic N) is 1. The lowest BCUT2D eigenvalue weighted by molar-refractivity contribution is 0.326. The van der Waals surface area contributed by atoms with E-state index in [-0.39, 0.29) is 6.61 Å². The minimum Gasteiger partial charge on any atom is -0.270 e. The molecule has 0 saturated heterocycles. The summed E-state index contributed by atoms with van der Waals surface area (Å²) >= 11 is 4.94. The van der Waals surface area contributed by atoms with Gasteiger partial charge in [-0.1, -0.05) is 15.9 Å². The molecule has 0 aliphatic rings. The van der Waals surface area contributed by atoms with Crippen LogP contribution in [0.2, 0.25) is 0 Å². The fraction of sp³-hybridized carbons (Fsp3) is 0.300. The molecule has 0 spiro atoms. The van der Waals surface area contributed by atoms with Crippen LogP contribution in [0.5, 0.6) is 0 Å². The average Bonchev–Trinajstić information content (AvgIpc) is 2.57. The highest BCUT2D eigenvalue weighted by Crippen LogP contribution is 2.25. The standard InChI is InChI=1S/C10H10BrNO3S2/c1-17(13,14)15-5-4-10-12-8-3-2-7(11)6-9(8)16-10/h2-3,6H,4-5H2,1H3. The van der Waals surface area contributed by atoms with Crippen molar-refractivity contribution in [1.82, 2.24) is 4.98 Å². The molecule has 0 aliphatic carbocycles. The zero-order valence-corrected chi connectivity index (χ0v) is 12.2. The Bertz CT molecular complexity index is 636. The Labute approximate surface area is 112 Å². The Morgan fingerprint density at radius 3 is 2.94 bits per heavy atom. The number of benzene rings is 1. The summed E-state index contributed by atoms with van der Waals surface area (Å²) in [6.07, 6.45) is 1.55. The van der Waals surface area contributed by atoms with Gasteiger partial charge in [-0.05, 0) is 18.2 Å². The smallest absolute Gasteiger partial charge is 0.264 e. The molecule has 1 aromatic heterocycles. The molecule has 7 heteroatoms. The first-order valence-corrected chi connectivity index (χ1v) is 8.26. The summed E-state index contributed by atoms with van der Waals surface area (Å²) in [5.41, 5.74) is 0.924. The fourth-order valence-corrected chi connectivity index (χ4v) is 3.22. The quantitative estimate of drug-likeness (QED) is 0.806. The molecule has 0 bridgehead atoms. The molecule has 0 saturated carbocycles. The molecule has 0 aliphatic heterocycles. The number of halogens is 1. The summed E-state index contributed by atoms with van der Waals surface area (Å²) in [5.74, 6) is 0. The Kier molecular flexibility index (Phi) is 3.82. The van der Waals surface area contributed by atoms with Gasteiger partial charge in [-0.3, -0.25) is 4.18 Å². The molecule has 2 aromatic rings. The third kappa shape index (κ3) is 3.74. The van der Waals surface area contributed by atoms with Gasteiger partial charge in [0.2, 0.25) is 0 Å². The first-order valence-electron chi connectivity index (χ1n) is 4.83. The van der Waals surface area contributed by atoms with Crippen molar-refractivity contribution in [2.75, 3.05) is 12.9 Å². The van der Waals surface area contributed by atoms with Gasteiger partial charge in [-0.25, -0.2) is 4.98 Å². The molecule has 92 valence electrons. The monoisotopic (exact) mass is 335 g/mol. The molecule has 4 nitrogen and oxygen atoms in total. The van der Waals surface area contributed by atoms with Gasteiger partial charge in [0.1, 0.15) is 0 Å². The summed E-state index contributed by atoms with van der Waals surface area (Å²) in [4.78, 5) is 4.40. The van der Waals surface area contributed by atoms with Crippen molar-refractivity contribution >= 4 is 47.6 Å². The zero-order chi connectivity index (χ0) is 12.5. The second-order valence-electron chi connectivity index (χ2n) is 3.50. The lowest BCUT2D eigenvalue weighted by atomic mass is 10.3. The van der Waals surface area contributed by atoms with Crippen molar-refractivity contribution in [2.45, 2.75) is 6.42 Å². The van der Waals surface area contributed by atoms with Crippen molar-refractivity contribution in [1.29, 1.82) is 0 Å². The molecule has 0 amide bonds. The molecule has 0 N–H and O–H groups in total. The largest absolute Gasteiger partial charge is 0.270 e. The van der Waals surface area contributed by atoms with Gasteiger partial charge in [-0.15, -0.1) is 11.3 Å². The van der Waals surface area contributed by atoms with Crippen molar-refractivity contribution in [2.24, 2.45) is 0 Å². The van der Waals surface area contributed by atoms with Crippen LogP contribution in [0.25, 0.3) is 10.2 Å². The van der Waals surface area contributed by atoms with Crippen LogP contribution in [-0.2, 0) is 20.7 Å². The summed E-state index contributed by atoms with van der Waals surface area (Å²) in [5, 5.41) is 0.877. The van der Waals surface area contributed by atoms with Crippen molar-refractivity contribution in [3.8, 4) is 0 Å². The fourth-order valence-electron chi connectivity index (χ4n) is 1.33. The molecule has 17 heavy (non-hydrogen) atoms. The van der Waals surface area contributed by atoms with E-state index in [1.54, 1.807) is 11.3 Å². The molecule has 0 radical (unpaired) electrons. The van der Waals surface area contributed by atoms with Crippen LogP contribution < -0.4 is 0 Å². The van der Waals surface area contributed by atoms with Gasteiger partial charge in [0.25, 0.3) is 10.1 Å². The van der Waals surface area contributed by atoms with Crippen LogP contribution in [0, 0.1) is 0 Å². The molecule has 0 atom stereocenters. The predicted molar refractivity (Wildman–Crippen MR) is 71.8 cm³/mol. The van der Waals surface area contributed by atoms with Crippen molar-refractivity contribution in [3.05, 3.63) is 27.7 Å². The highest BCUT2D eigenvalue weighted by atomic mass is 79.9. The molecule has 1 heterocycles. The van der Waals surface area contributed by atoms with Gasteiger partial charge in [0, 0.05) is 10.9 Å². The topological polar surface area (TPSA) is 56.3 Å². The summed E-state index contributed by atoms with van der Waals surface area (Å²) in [7, 11) is -3.36. The third-order valence-corrected chi connectivity index (χ3v) is 4.17. The number of hydrogen-bond acceptors (Lipinski definition) is 5. The maximum Gasteiger partial charge on any atom is 0.264 e. The maximum atomic E-state index is 10.8. The minimum atomic E-state index is -3.36. The molecular formula is C10H10BrNO3S2. The van der Waals surface area contributed by atoms with E-state index >= 15 is 0 Å². The van der Waals surface area contributed by atoms with Crippen LogP contribution in [0.1, 0.15) is 5.01 Å². The third-order valence-electron chi connectivity index (χ3n) is 2.01. The normalized spacial score (nSPS) is 12.1. The number of fused-ring (bicyclic) bond motifs is 1. The SMILES string of the molecule is CS(=O)(=O)OCCc1nc2ccc(Br)cc2s1. The average molecular weight is 336 g/mol. The van der Waals surface area contributed by atoms with E-state index in [0.717, 1.165) is 26.0 Å². The van der Waals surface area contributed by atoms with Crippen molar-refractivity contribution in [3.63, 3.8) is 0 Å². The summed E-state index contributed by atoms with van der Waals surface area (Å²) in [6, 6.07) is 5.85. The van der Waals surface area contributed by atoms with Crippen LogP contribution in [0.15, 0.2) is 22.7 Å². The van der Waals surface area contributed by atoms with E-state index in [4.69, 9.17) is 0 Å². The van der Waals surface area contributed by atoms with Gasteiger partial charge >= 0.3 is 0 Å². The maximum absolute atomic E-state index is 10.8. The molecule has 2 rings (SSSR count). The number of aromatic nitrogens is 1. The summed E-state index contributed by atoms with van der Waals surface area (Å²) < 4.78 is 28.4. The van der Waals surface area contributed by atoms with Crippen molar-refractivity contribution < 1.29 is 12.6 Å². The Hall–Kier alpha value is -0.500. The van der Waals surface area contributed by atoms with E-state index in [9.17, 15) is 8.42 Å². The van der Waals surface area contributed by atoms with E-state index in [1.165, 1.54) is 0 Å². The lowest BCUT2D eigenvalue weighted by Gasteiger charge is -1.97. The summed E-state index contributed by atoms with van der Waals surface area (Å²) in [6.45, 7) is 0.139. The van der Waals surface area contributed by atoms with Gasteiger partial charge in [-0.2, -0.15) is 8.42 Å². The van der Waals surface area contributed by atoms with Gasteiger partial charge in [0.15, 0.2) is 0 Å². The number of rotatable bonds is 4. The highest BCUT2D eigenvalue weighted by molar-refractivity contribution is 9.10. The van der Waals surface area contributed by atoms with Crippen LogP contribution in [0.4, 0.5) is 0 Å². The van der Waals surface area contributed by atoms with E-state index in [1.807, 2.05) is 18.2 Å². The van der Waals surface area contributed by atoms with Crippen LogP contribution >= 0.6 is 27.3 Å². The Morgan fingerprint density at radius 2 is 2.24 bits per heavy atom. The zero-order valence-electron chi connectivity index (χ0n) is 9.01. The molecule has 0 fully saturated rings. The van der Waals surface area contributed by atoms with Crippen LogP contribution in [0.3, 0.4) is 0 Å². The predicted octanol–water partition coefficient (Wildman–Crippen LogP) is 2.58. The van der Waals surface area contributed by atoms with E-state index < -0.39 is 10.1 Å². The second-order valence-corrected chi connectivity index (χ2v) is 7.17. The first-order chi connectivity index (χ1) is 7.94. The highest BCUT2D eigenvalue weighted by Gasteiger charge is 2.06. The van der Waals surface area contributed by atoms with Gasteiger partial charge < -0.3 is 0 Å². The van der Waals surface area contributed by atoms with Gasteiger partial charge in [0.05, 0.1) is 28.1 Å². The first kappa shape index (κ1) is 12.9. The lowest BCUT2D eigenvalue weighted by Crippen LogP contribution is -2.05.